The van der Waals surface area contributed by atoms with Crippen molar-refractivity contribution in [2.45, 2.75) is 25.8 Å². The van der Waals surface area contributed by atoms with Gasteiger partial charge in [-0.15, -0.1) is 0 Å². The minimum absolute atomic E-state index is 0.379. The highest BCUT2D eigenvalue weighted by molar-refractivity contribution is 5.72. The largest absolute Gasteiger partial charge is 0.493 e. The second-order valence-corrected chi connectivity index (χ2v) is 5.12. The van der Waals surface area contributed by atoms with Crippen molar-refractivity contribution in [2.24, 2.45) is 5.92 Å². The van der Waals surface area contributed by atoms with Gasteiger partial charge in [-0.25, -0.2) is 0 Å². The number of carboxylic acid groups (broad SMARTS) is 1. The molecule has 104 valence electrons. The Hall–Kier alpha value is -1.55. The van der Waals surface area contributed by atoms with E-state index in [0.29, 0.717) is 5.92 Å². The average molecular weight is 263 g/mol. The molecular formula is C15H21NO3. The first kappa shape index (κ1) is 13.9. The quantitative estimate of drug-likeness (QED) is 0.885. The lowest BCUT2D eigenvalue weighted by atomic mass is 9.97. The molecule has 1 heterocycles. The van der Waals surface area contributed by atoms with E-state index in [1.165, 1.54) is 0 Å². The van der Waals surface area contributed by atoms with Crippen LogP contribution in [0.5, 0.6) is 5.75 Å². The number of piperidine rings is 1. The summed E-state index contributed by atoms with van der Waals surface area (Å²) in [5.74, 6) is 0.695. The maximum atomic E-state index is 10.9. The van der Waals surface area contributed by atoms with E-state index in [2.05, 4.69) is 0 Å². The number of aliphatic carboxylic acids is 1. The molecule has 0 aliphatic carbocycles. The topological polar surface area (TPSA) is 49.8 Å². The van der Waals surface area contributed by atoms with Crippen molar-refractivity contribution in [3.8, 4) is 5.75 Å². The number of likely N-dealkylation sites (tertiary alicyclic amines) is 1. The average Bonchev–Trinajstić information content (AvgIpc) is 2.46. The zero-order chi connectivity index (χ0) is 13.7. The van der Waals surface area contributed by atoms with Crippen LogP contribution in [0.2, 0.25) is 0 Å². The molecule has 0 bridgehead atoms. The number of para-hydroxylation sites is 1. The zero-order valence-corrected chi connectivity index (χ0v) is 11.3. The van der Waals surface area contributed by atoms with Gasteiger partial charge in [0, 0.05) is 0 Å². The number of hydrogen-bond donors (Lipinski definition) is 1. The molecule has 1 fully saturated rings. The molecule has 2 rings (SSSR count). The first-order valence-corrected chi connectivity index (χ1v) is 6.81. The molecule has 1 saturated heterocycles. The van der Waals surface area contributed by atoms with Crippen LogP contribution in [0, 0.1) is 5.92 Å². The van der Waals surface area contributed by atoms with Crippen LogP contribution < -0.4 is 4.74 Å². The molecule has 1 aromatic carbocycles. The predicted octanol–water partition coefficient (Wildman–Crippen LogP) is 2.25. The fourth-order valence-electron chi connectivity index (χ4n) is 2.39. The van der Waals surface area contributed by atoms with E-state index in [4.69, 9.17) is 9.84 Å². The Morgan fingerprint density at radius 2 is 2.00 bits per heavy atom. The Morgan fingerprint density at radius 1 is 1.37 bits per heavy atom. The molecule has 0 spiro atoms. The Kier molecular flexibility index (Phi) is 4.80. The summed E-state index contributed by atoms with van der Waals surface area (Å²) in [7, 11) is 0. The SMILES string of the molecule is CC(C(=O)O)N1CCC(COc2ccccc2)CC1. The van der Waals surface area contributed by atoms with Crippen LogP contribution in [0.3, 0.4) is 0 Å². The van der Waals surface area contributed by atoms with Gasteiger partial charge in [-0.05, 0) is 50.9 Å². The Balaban J connectivity index is 1.73. The standard InChI is InChI=1S/C15H21NO3/c1-12(15(17)18)16-9-7-13(8-10-16)11-19-14-5-3-2-4-6-14/h2-6,12-13H,7-11H2,1H3,(H,17,18). The predicted molar refractivity (Wildman–Crippen MR) is 73.3 cm³/mol. The summed E-state index contributed by atoms with van der Waals surface area (Å²) < 4.78 is 5.75. The van der Waals surface area contributed by atoms with Crippen LogP contribution in [0.1, 0.15) is 19.8 Å². The molecule has 1 aliphatic heterocycles. The molecule has 1 unspecified atom stereocenters. The molecule has 1 N–H and O–H groups in total. The number of benzene rings is 1. The lowest BCUT2D eigenvalue weighted by Gasteiger charge is -2.34. The van der Waals surface area contributed by atoms with Crippen molar-refractivity contribution in [1.82, 2.24) is 4.90 Å². The Morgan fingerprint density at radius 3 is 2.58 bits per heavy atom. The van der Waals surface area contributed by atoms with Crippen molar-refractivity contribution < 1.29 is 14.6 Å². The van der Waals surface area contributed by atoms with Crippen LogP contribution in [0.4, 0.5) is 0 Å². The summed E-state index contributed by atoms with van der Waals surface area (Å²) >= 11 is 0. The van der Waals surface area contributed by atoms with Crippen molar-refractivity contribution in [1.29, 1.82) is 0 Å². The molecule has 0 amide bonds. The van der Waals surface area contributed by atoms with Crippen LogP contribution >= 0.6 is 0 Å². The molecular weight excluding hydrogens is 242 g/mol. The maximum absolute atomic E-state index is 10.9. The summed E-state index contributed by atoms with van der Waals surface area (Å²) in [5.41, 5.74) is 0. The van der Waals surface area contributed by atoms with Gasteiger partial charge < -0.3 is 9.84 Å². The van der Waals surface area contributed by atoms with Crippen LogP contribution in [-0.2, 0) is 4.79 Å². The van der Waals surface area contributed by atoms with Crippen molar-refractivity contribution >= 4 is 5.97 Å². The number of carboxylic acids is 1. The van der Waals surface area contributed by atoms with E-state index >= 15 is 0 Å². The van der Waals surface area contributed by atoms with Gasteiger partial charge in [0.15, 0.2) is 0 Å². The summed E-state index contributed by atoms with van der Waals surface area (Å²) in [6.07, 6.45) is 2.01. The molecule has 4 nitrogen and oxygen atoms in total. The van der Waals surface area contributed by atoms with Gasteiger partial charge in [0.1, 0.15) is 11.8 Å². The Bertz CT molecular complexity index is 399. The highest BCUT2D eigenvalue weighted by Crippen LogP contribution is 2.20. The highest BCUT2D eigenvalue weighted by Gasteiger charge is 2.26. The maximum Gasteiger partial charge on any atom is 0.320 e. The number of nitrogens with zero attached hydrogens (tertiary/aromatic N) is 1. The first-order valence-electron chi connectivity index (χ1n) is 6.81. The molecule has 0 aromatic heterocycles. The van der Waals surface area contributed by atoms with E-state index in [1.54, 1.807) is 6.92 Å². The van der Waals surface area contributed by atoms with Crippen LogP contribution in [0.25, 0.3) is 0 Å². The van der Waals surface area contributed by atoms with Crippen molar-refractivity contribution in [3.63, 3.8) is 0 Å². The number of carbonyl (C=O) groups is 1. The summed E-state index contributed by atoms with van der Waals surface area (Å²) in [5, 5.41) is 8.99. The smallest absolute Gasteiger partial charge is 0.320 e. The van der Waals surface area contributed by atoms with Crippen LogP contribution in [-0.4, -0.2) is 41.7 Å². The van der Waals surface area contributed by atoms with Gasteiger partial charge in [-0.3, -0.25) is 9.69 Å². The second-order valence-electron chi connectivity index (χ2n) is 5.12. The van der Waals surface area contributed by atoms with Crippen molar-refractivity contribution in [3.05, 3.63) is 30.3 Å². The van der Waals surface area contributed by atoms with E-state index in [0.717, 1.165) is 38.3 Å². The zero-order valence-electron chi connectivity index (χ0n) is 11.3. The summed E-state index contributed by atoms with van der Waals surface area (Å²) in [4.78, 5) is 13.0. The number of ether oxygens (including phenoxy) is 1. The van der Waals surface area contributed by atoms with E-state index in [9.17, 15) is 4.79 Å². The molecule has 1 atom stereocenters. The van der Waals surface area contributed by atoms with Gasteiger partial charge in [0.2, 0.25) is 0 Å². The van der Waals surface area contributed by atoms with Crippen LogP contribution in [0.15, 0.2) is 30.3 Å². The highest BCUT2D eigenvalue weighted by atomic mass is 16.5. The summed E-state index contributed by atoms with van der Waals surface area (Å²) in [6, 6.07) is 9.44. The third-order valence-electron chi connectivity index (χ3n) is 3.78. The number of hydrogen-bond acceptors (Lipinski definition) is 3. The summed E-state index contributed by atoms with van der Waals surface area (Å²) in [6.45, 7) is 4.16. The number of rotatable bonds is 5. The van der Waals surface area contributed by atoms with Gasteiger partial charge in [-0.2, -0.15) is 0 Å². The molecule has 19 heavy (non-hydrogen) atoms. The fourth-order valence-corrected chi connectivity index (χ4v) is 2.39. The molecule has 1 aromatic rings. The molecule has 0 radical (unpaired) electrons. The fraction of sp³-hybridized carbons (Fsp3) is 0.533. The second kappa shape index (κ2) is 6.57. The van der Waals surface area contributed by atoms with Crippen molar-refractivity contribution in [2.75, 3.05) is 19.7 Å². The molecule has 4 heteroatoms. The molecule has 0 saturated carbocycles. The van der Waals surface area contributed by atoms with Gasteiger partial charge in [0.05, 0.1) is 6.61 Å². The van der Waals surface area contributed by atoms with Gasteiger partial charge in [-0.1, -0.05) is 18.2 Å². The lowest BCUT2D eigenvalue weighted by Crippen LogP contribution is -2.44. The third-order valence-corrected chi connectivity index (χ3v) is 3.78. The normalized spacial score (nSPS) is 19.0. The van der Waals surface area contributed by atoms with Gasteiger partial charge >= 0.3 is 5.97 Å². The first-order chi connectivity index (χ1) is 9.16. The minimum atomic E-state index is -0.737. The van der Waals surface area contributed by atoms with Gasteiger partial charge in [0.25, 0.3) is 0 Å². The van der Waals surface area contributed by atoms with E-state index < -0.39 is 5.97 Å². The Labute approximate surface area is 114 Å². The minimum Gasteiger partial charge on any atom is -0.493 e. The third kappa shape index (κ3) is 3.96. The monoisotopic (exact) mass is 263 g/mol. The lowest BCUT2D eigenvalue weighted by molar-refractivity contribution is -0.143. The van der Waals surface area contributed by atoms with E-state index in [1.807, 2.05) is 35.2 Å². The van der Waals surface area contributed by atoms with E-state index in [-0.39, 0.29) is 6.04 Å². The molecule has 1 aliphatic rings.